The van der Waals surface area contributed by atoms with Crippen LogP contribution in [-0.2, 0) is 10.0 Å². The number of likely N-dealkylation sites (tertiary alicyclic amines) is 1. The van der Waals surface area contributed by atoms with Gasteiger partial charge in [-0.05, 0) is 56.3 Å². The number of aromatic nitrogens is 1. The highest BCUT2D eigenvalue weighted by molar-refractivity contribution is 7.89. The van der Waals surface area contributed by atoms with Crippen molar-refractivity contribution in [1.29, 1.82) is 0 Å². The summed E-state index contributed by atoms with van der Waals surface area (Å²) in [6, 6.07) is 8.04. The number of hydrogen-bond acceptors (Lipinski definition) is 4. The highest BCUT2D eigenvalue weighted by Crippen LogP contribution is 2.31. The molecule has 24 heavy (non-hydrogen) atoms. The van der Waals surface area contributed by atoms with Crippen LogP contribution in [0.25, 0.3) is 10.9 Å². The van der Waals surface area contributed by atoms with Crippen molar-refractivity contribution < 1.29 is 8.42 Å². The van der Waals surface area contributed by atoms with Crippen LogP contribution in [-0.4, -0.2) is 44.0 Å². The Kier molecular flexibility index (Phi) is 4.06. The van der Waals surface area contributed by atoms with E-state index in [1.807, 2.05) is 19.1 Å². The summed E-state index contributed by atoms with van der Waals surface area (Å²) in [5, 5.41) is 0.860. The lowest BCUT2D eigenvalue weighted by molar-refractivity contribution is 0.314. The molecule has 2 fully saturated rings. The van der Waals surface area contributed by atoms with Crippen molar-refractivity contribution in [2.75, 3.05) is 19.6 Å². The molecular formula is C18H23N3O2S. The number of hydrogen-bond donors (Lipinski definition) is 1. The maximum absolute atomic E-state index is 12.8. The van der Waals surface area contributed by atoms with Gasteiger partial charge in [-0.3, -0.25) is 4.98 Å². The molecule has 1 aliphatic carbocycles. The minimum absolute atomic E-state index is 0.275. The average Bonchev–Trinajstić information content (AvgIpc) is 3.30. The van der Waals surface area contributed by atoms with Crippen molar-refractivity contribution in [1.82, 2.24) is 14.6 Å². The normalized spacial score (nSPS) is 22.3. The maximum atomic E-state index is 12.8. The molecule has 6 heteroatoms. The number of fused-ring (bicyclic) bond motifs is 1. The van der Waals surface area contributed by atoms with E-state index >= 15 is 0 Å². The van der Waals surface area contributed by atoms with Gasteiger partial charge < -0.3 is 4.90 Å². The fourth-order valence-corrected chi connectivity index (χ4v) is 4.86. The molecule has 1 aliphatic heterocycles. The number of para-hydroxylation sites is 1. The van der Waals surface area contributed by atoms with Crippen LogP contribution in [0.3, 0.4) is 0 Å². The summed E-state index contributed by atoms with van der Waals surface area (Å²) in [5.41, 5.74) is 1.57. The Labute approximate surface area is 143 Å². The Bertz CT molecular complexity index is 862. The van der Waals surface area contributed by atoms with Gasteiger partial charge in [0.05, 0.1) is 5.52 Å². The topological polar surface area (TPSA) is 62.3 Å². The van der Waals surface area contributed by atoms with Gasteiger partial charge in [0.2, 0.25) is 10.0 Å². The first kappa shape index (κ1) is 16.0. The van der Waals surface area contributed by atoms with Crippen LogP contribution in [0, 0.1) is 12.8 Å². The molecule has 0 spiro atoms. The van der Waals surface area contributed by atoms with Gasteiger partial charge in [0, 0.05) is 30.7 Å². The molecule has 1 N–H and O–H groups in total. The Hall–Kier alpha value is -1.50. The molecule has 2 heterocycles. The summed E-state index contributed by atoms with van der Waals surface area (Å²) >= 11 is 0. The molecular weight excluding hydrogens is 322 g/mol. The van der Waals surface area contributed by atoms with Crippen LogP contribution in [0.1, 0.15) is 24.8 Å². The van der Waals surface area contributed by atoms with E-state index in [1.54, 1.807) is 18.3 Å². The number of benzene rings is 1. The third-order valence-electron chi connectivity index (χ3n) is 5.04. The molecule has 0 amide bonds. The molecule has 2 aromatic rings. The lowest BCUT2D eigenvalue weighted by Crippen LogP contribution is -2.31. The predicted octanol–water partition coefficient (Wildman–Crippen LogP) is 2.31. The van der Waals surface area contributed by atoms with Crippen molar-refractivity contribution in [3.05, 3.63) is 36.0 Å². The van der Waals surface area contributed by atoms with Gasteiger partial charge in [-0.25, -0.2) is 13.1 Å². The van der Waals surface area contributed by atoms with Gasteiger partial charge in [-0.2, -0.15) is 0 Å². The monoisotopic (exact) mass is 345 g/mol. The number of sulfonamides is 1. The summed E-state index contributed by atoms with van der Waals surface area (Å²) < 4.78 is 28.3. The highest BCUT2D eigenvalue weighted by Gasteiger charge is 2.34. The van der Waals surface area contributed by atoms with Crippen molar-refractivity contribution in [3.63, 3.8) is 0 Å². The number of pyridine rings is 1. The van der Waals surface area contributed by atoms with Crippen LogP contribution in [0.4, 0.5) is 0 Å². The first-order valence-corrected chi connectivity index (χ1v) is 10.1. The third kappa shape index (κ3) is 3.18. The summed E-state index contributed by atoms with van der Waals surface area (Å²) in [6.07, 6.45) is 5.40. The minimum atomic E-state index is -3.54. The molecule has 0 unspecified atom stereocenters. The van der Waals surface area contributed by atoms with Crippen molar-refractivity contribution in [3.8, 4) is 0 Å². The third-order valence-corrected chi connectivity index (χ3v) is 6.50. The lowest BCUT2D eigenvalue weighted by Gasteiger charge is -2.15. The summed E-state index contributed by atoms with van der Waals surface area (Å²) in [4.78, 5) is 7.12. The number of nitrogens with zero attached hydrogens (tertiary/aromatic N) is 2. The standard InChI is InChI=1S/C18H23N3O2S/c1-13-9-15-3-2-4-17(18(15)19-10-13)24(22,23)20-11-14-7-8-21(12-14)16-5-6-16/h2-4,9-10,14,16,20H,5-8,11-12H2,1H3/t14-/m0/s1. The first-order chi connectivity index (χ1) is 11.5. The van der Waals surface area contributed by atoms with Crippen LogP contribution in [0.15, 0.2) is 35.4 Å². The summed E-state index contributed by atoms with van der Waals surface area (Å²) in [6.45, 7) is 4.58. The van der Waals surface area contributed by atoms with Gasteiger partial charge in [0.15, 0.2) is 0 Å². The molecule has 1 aromatic carbocycles. The largest absolute Gasteiger partial charge is 0.300 e. The smallest absolute Gasteiger partial charge is 0.242 e. The molecule has 0 bridgehead atoms. The van der Waals surface area contributed by atoms with E-state index < -0.39 is 10.0 Å². The van der Waals surface area contributed by atoms with Gasteiger partial charge in [0.25, 0.3) is 0 Å². The minimum Gasteiger partial charge on any atom is -0.300 e. The zero-order valence-electron chi connectivity index (χ0n) is 13.9. The van der Waals surface area contributed by atoms with E-state index in [1.165, 1.54) is 12.8 Å². The second-order valence-electron chi connectivity index (χ2n) is 7.07. The van der Waals surface area contributed by atoms with Gasteiger partial charge in [0.1, 0.15) is 4.90 Å². The quantitative estimate of drug-likeness (QED) is 0.903. The second kappa shape index (κ2) is 6.10. The Morgan fingerprint density at radius 2 is 2.12 bits per heavy atom. The average molecular weight is 345 g/mol. The van der Waals surface area contributed by atoms with Crippen LogP contribution < -0.4 is 4.72 Å². The fourth-order valence-electron chi connectivity index (χ4n) is 3.57. The summed E-state index contributed by atoms with van der Waals surface area (Å²) in [5.74, 6) is 0.408. The Balaban J connectivity index is 1.50. The van der Waals surface area contributed by atoms with Crippen molar-refractivity contribution >= 4 is 20.9 Å². The van der Waals surface area contributed by atoms with Crippen molar-refractivity contribution in [2.24, 2.45) is 5.92 Å². The first-order valence-electron chi connectivity index (χ1n) is 8.62. The van der Waals surface area contributed by atoms with E-state index in [9.17, 15) is 8.42 Å². The van der Waals surface area contributed by atoms with Crippen LogP contribution >= 0.6 is 0 Å². The maximum Gasteiger partial charge on any atom is 0.242 e. The summed E-state index contributed by atoms with van der Waals surface area (Å²) in [7, 11) is -3.54. The van der Waals surface area contributed by atoms with Gasteiger partial charge in [-0.1, -0.05) is 12.1 Å². The van der Waals surface area contributed by atoms with Crippen molar-refractivity contribution in [2.45, 2.75) is 37.1 Å². The molecule has 1 atom stereocenters. The van der Waals surface area contributed by atoms with Crippen LogP contribution in [0.2, 0.25) is 0 Å². The molecule has 0 radical (unpaired) electrons. The zero-order chi connectivity index (χ0) is 16.7. The van der Waals surface area contributed by atoms with E-state index in [4.69, 9.17) is 0 Å². The second-order valence-corrected chi connectivity index (χ2v) is 8.81. The van der Waals surface area contributed by atoms with E-state index in [0.29, 0.717) is 18.0 Å². The zero-order valence-corrected chi connectivity index (χ0v) is 14.7. The SMILES string of the molecule is Cc1cnc2c(S(=O)(=O)NC[C@@H]3CCN(C4CC4)C3)cccc2c1. The lowest BCUT2D eigenvalue weighted by atomic mass is 10.1. The van der Waals surface area contributed by atoms with E-state index in [2.05, 4.69) is 14.6 Å². The van der Waals surface area contributed by atoms with Crippen LogP contribution in [0.5, 0.6) is 0 Å². The molecule has 128 valence electrons. The Morgan fingerprint density at radius 3 is 2.92 bits per heavy atom. The molecule has 2 aliphatic rings. The molecule has 1 saturated carbocycles. The molecule has 5 nitrogen and oxygen atoms in total. The fraction of sp³-hybridized carbons (Fsp3) is 0.500. The highest BCUT2D eigenvalue weighted by atomic mass is 32.2. The Morgan fingerprint density at radius 1 is 1.29 bits per heavy atom. The predicted molar refractivity (Wildman–Crippen MR) is 94.4 cm³/mol. The van der Waals surface area contributed by atoms with Gasteiger partial charge in [-0.15, -0.1) is 0 Å². The van der Waals surface area contributed by atoms with Gasteiger partial charge >= 0.3 is 0 Å². The van der Waals surface area contributed by atoms with E-state index in [-0.39, 0.29) is 4.90 Å². The molecule has 4 rings (SSSR count). The molecule has 1 saturated heterocycles. The number of aryl methyl sites for hydroxylation is 1. The number of nitrogens with one attached hydrogen (secondary N) is 1. The van der Waals surface area contributed by atoms with E-state index in [0.717, 1.165) is 36.5 Å². The number of rotatable bonds is 5. The molecule has 1 aromatic heterocycles.